The number of nitrogens with zero attached hydrogens (tertiary/aromatic N) is 1. The number of nitrogens with one attached hydrogen (secondary N) is 1. The number of rotatable bonds is 5. The summed E-state index contributed by atoms with van der Waals surface area (Å²) in [5.74, 6) is 2.18. The molecule has 5 heteroatoms. The van der Waals surface area contributed by atoms with Crippen LogP contribution in [0.5, 0.6) is 0 Å². The monoisotopic (exact) mass is 227 g/mol. The van der Waals surface area contributed by atoms with Gasteiger partial charge in [-0.1, -0.05) is 6.92 Å². The van der Waals surface area contributed by atoms with Crippen molar-refractivity contribution in [3.63, 3.8) is 0 Å². The molecule has 0 fully saturated rings. The third-order valence-electron chi connectivity index (χ3n) is 2.04. The molecule has 1 unspecified atom stereocenters. The maximum Gasteiger partial charge on any atom is 0.129 e. The molecule has 0 saturated carbocycles. The van der Waals surface area contributed by atoms with Gasteiger partial charge in [0, 0.05) is 28.9 Å². The fourth-order valence-electron chi connectivity index (χ4n) is 1.21. The van der Waals surface area contributed by atoms with Gasteiger partial charge in [-0.2, -0.15) is 0 Å². The van der Waals surface area contributed by atoms with Crippen LogP contribution in [0.25, 0.3) is 0 Å². The molecule has 1 rings (SSSR count). The van der Waals surface area contributed by atoms with Gasteiger partial charge in [-0.3, -0.25) is 4.21 Å². The lowest BCUT2D eigenvalue weighted by molar-refractivity contribution is 0.684. The Hall–Kier alpha value is -1.10. The van der Waals surface area contributed by atoms with Crippen molar-refractivity contribution in [2.24, 2.45) is 0 Å². The number of pyridine rings is 1. The third kappa shape index (κ3) is 3.87. The van der Waals surface area contributed by atoms with Gasteiger partial charge < -0.3 is 11.1 Å². The van der Waals surface area contributed by atoms with Crippen LogP contribution in [0.15, 0.2) is 12.3 Å². The topological polar surface area (TPSA) is 68.0 Å². The van der Waals surface area contributed by atoms with Gasteiger partial charge in [0.05, 0.1) is 11.9 Å². The summed E-state index contributed by atoms with van der Waals surface area (Å²) in [7, 11) is -0.727. The van der Waals surface area contributed by atoms with E-state index >= 15 is 0 Å². The van der Waals surface area contributed by atoms with Crippen molar-refractivity contribution in [2.75, 3.05) is 29.1 Å². The molecule has 0 aliphatic rings. The summed E-state index contributed by atoms with van der Waals surface area (Å²) in [6, 6.07) is 1.87. The molecule has 84 valence electrons. The van der Waals surface area contributed by atoms with Crippen molar-refractivity contribution in [1.82, 2.24) is 4.98 Å². The molecule has 0 bridgehead atoms. The average Bonchev–Trinajstić information content (AvgIpc) is 2.21. The minimum absolute atomic E-state index is 0.655. The van der Waals surface area contributed by atoms with Gasteiger partial charge in [0.25, 0.3) is 0 Å². The third-order valence-corrected chi connectivity index (χ3v) is 3.35. The van der Waals surface area contributed by atoms with Gasteiger partial charge in [0.2, 0.25) is 0 Å². The van der Waals surface area contributed by atoms with Gasteiger partial charge in [0.1, 0.15) is 5.82 Å². The molecule has 0 amide bonds. The van der Waals surface area contributed by atoms with Gasteiger partial charge >= 0.3 is 0 Å². The normalized spacial score (nSPS) is 12.4. The Kier molecular flexibility index (Phi) is 4.55. The van der Waals surface area contributed by atoms with Gasteiger partial charge in [-0.15, -0.1) is 0 Å². The summed E-state index contributed by atoms with van der Waals surface area (Å²) in [5, 5.41) is 3.15. The summed E-state index contributed by atoms with van der Waals surface area (Å²) in [6.45, 7) is 4.55. The predicted molar refractivity (Wildman–Crippen MR) is 65.4 cm³/mol. The largest absolute Gasteiger partial charge is 0.397 e. The summed E-state index contributed by atoms with van der Waals surface area (Å²) in [4.78, 5) is 4.17. The second kappa shape index (κ2) is 5.70. The molecule has 4 nitrogen and oxygen atoms in total. The van der Waals surface area contributed by atoms with E-state index in [2.05, 4.69) is 10.3 Å². The van der Waals surface area contributed by atoms with Crippen molar-refractivity contribution in [1.29, 1.82) is 0 Å². The van der Waals surface area contributed by atoms with Crippen molar-refractivity contribution in [2.45, 2.75) is 13.8 Å². The van der Waals surface area contributed by atoms with Crippen molar-refractivity contribution in [3.8, 4) is 0 Å². The van der Waals surface area contributed by atoms with E-state index in [1.54, 1.807) is 6.20 Å². The van der Waals surface area contributed by atoms with Crippen LogP contribution < -0.4 is 11.1 Å². The molecule has 0 radical (unpaired) electrons. The number of nitrogen functional groups attached to an aromatic ring is 1. The van der Waals surface area contributed by atoms with Crippen LogP contribution in [0.4, 0.5) is 11.5 Å². The van der Waals surface area contributed by atoms with E-state index in [1.165, 1.54) is 0 Å². The Balaban J connectivity index is 2.47. The number of hydrogen-bond donors (Lipinski definition) is 2. The molecule has 3 N–H and O–H groups in total. The number of aromatic nitrogens is 1. The maximum atomic E-state index is 11.2. The van der Waals surface area contributed by atoms with Crippen molar-refractivity contribution < 1.29 is 4.21 Å². The Morgan fingerprint density at radius 3 is 2.93 bits per heavy atom. The Morgan fingerprint density at radius 2 is 2.33 bits per heavy atom. The minimum Gasteiger partial charge on any atom is -0.397 e. The lowest BCUT2D eigenvalue weighted by atomic mass is 10.2. The second-order valence-electron chi connectivity index (χ2n) is 3.29. The molecule has 1 aromatic rings. The lowest BCUT2D eigenvalue weighted by Crippen LogP contribution is -2.13. The van der Waals surface area contributed by atoms with Crippen LogP contribution >= 0.6 is 0 Å². The molecule has 0 saturated heterocycles. The molecule has 1 atom stereocenters. The second-order valence-corrected chi connectivity index (χ2v) is 5.16. The van der Waals surface area contributed by atoms with E-state index in [0.29, 0.717) is 23.7 Å². The van der Waals surface area contributed by atoms with Crippen LogP contribution in [0.1, 0.15) is 12.5 Å². The first kappa shape index (κ1) is 12.0. The Morgan fingerprint density at radius 1 is 1.60 bits per heavy atom. The van der Waals surface area contributed by atoms with Crippen molar-refractivity contribution >= 4 is 22.3 Å². The molecule has 0 aromatic carbocycles. The highest BCUT2D eigenvalue weighted by atomic mass is 32.2. The van der Waals surface area contributed by atoms with Crippen LogP contribution in [-0.2, 0) is 10.8 Å². The standard InChI is InChI=1S/C10H17N3OS/c1-3-15(14)5-4-12-10-8(2)6-9(11)7-13-10/h6-7H,3-5,11H2,1-2H3,(H,12,13). The zero-order chi connectivity index (χ0) is 11.3. The summed E-state index contributed by atoms with van der Waals surface area (Å²) >= 11 is 0. The molecule has 1 aromatic heterocycles. The predicted octanol–water partition coefficient (Wildman–Crippen LogP) is 1.15. The van der Waals surface area contributed by atoms with E-state index in [9.17, 15) is 4.21 Å². The van der Waals surface area contributed by atoms with Crippen molar-refractivity contribution in [3.05, 3.63) is 17.8 Å². The zero-order valence-corrected chi connectivity index (χ0v) is 9.93. The highest BCUT2D eigenvalue weighted by Crippen LogP contribution is 2.13. The quantitative estimate of drug-likeness (QED) is 0.792. The molecule has 0 aliphatic carbocycles. The first-order valence-electron chi connectivity index (χ1n) is 4.94. The zero-order valence-electron chi connectivity index (χ0n) is 9.12. The average molecular weight is 227 g/mol. The highest BCUT2D eigenvalue weighted by Gasteiger charge is 2.00. The van der Waals surface area contributed by atoms with Crippen LogP contribution in [-0.4, -0.2) is 27.2 Å². The van der Waals surface area contributed by atoms with Gasteiger partial charge in [0.15, 0.2) is 0 Å². The lowest BCUT2D eigenvalue weighted by Gasteiger charge is -2.08. The van der Waals surface area contributed by atoms with E-state index < -0.39 is 10.8 Å². The number of anilines is 2. The smallest absolute Gasteiger partial charge is 0.129 e. The Bertz CT molecular complexity index is 355. The van der Waals surface area contributed by atoms with E-state index in [-0.39, 0.29) is 0 Å². The highest BCUT2D eigenvalue weighted by molar-refractivity contribution is 7.84. The number of aryl methyl sites for hydroxylation is 1. The molecule has 0 spiro atoms. The van der Waals surface area contributed by atoms with E-state index in [1.807, 2.05) is 19.9 Å². The van der Waals surface area contributed by atoms with Gasteiger partial charge in [-0.05, 0) is 18.6 Å². The van der Waals surface area contributed by atoms with Crippen LogP contribution in [0.2, 0.25) is 0 Å². The first-order chi connectivity index (χ1) is 7.13. The molecule has 0 aliphatic heterocycles. The molecule has 1 heterocycles. The molecular formula is C10H17N3OS. The summed E-state index contributed by atoms with van der Waals surface area (Å²) in [5.41, 5.74) is 7.26. The first-order valence-corrected chi connectivity index (χ1v) is 6.43. The number of nitrogens with two attached hydrogens (primary N) is 1. The Labute approximate surface area is 92.7 Å². The molecule has 15 heavy (non-hydrogen) atoms. The van der Waals surface area contributed by atoms with Gasteiger partial charge in [-0.25, -0.2) is 4.98 Å². The van der Waals surface area contributed by atoms with Crippen LogP contribution in [0, 0.1) is 6.92 Å². The van der Waals surface area contributed by atoms with E-state index in [4.69, 9.17) is 5.73 Å². The van der Waals surface area contributed by atoms with E-state index in [0.717, 1.165) is 11.4 Å². The summed E-state index contributed by atoms with van der Waals surface area (Å²) in [6.07, 6.45) is 1.62. The fourth-order valence-corrected chi connectivity index (χ4v) is 1.83. The summed E-state index contributed by atoms with van der Waals surface area (Å²) < 4.78 is 11.2. The maximum absolute atomic E-state index is 11.2. The number of hydrogen-bond acceptors (Lipinski definition) is 4. The minimum atomic E-state index is -0.727. The SMILES string of the molecule is CCS(=O)CCNc1ncc(N)cc1C. The van der Waals surface area contributed by atoms with Crippen LogP contribution in [0.3, 0.4) is 0 Å². The molecular weight excluding hydrogens is 210 g/mol. The fraction of sp³-hybridized carbons (Fsp3) is 0.500.